The summed E-state index contributed by atoms with van der Waals surface area (Å²) in [6.45, 7) is 3.40. The molecule has 0 aliphatic carbocycles. The first-order valence-electron chi connectivity index (χ1n) is 5.04. The van der Waals surface area contributed by atoms with Gasteiger partial charge in [-0.25, -0.2) is 4.39 Å². The van der Waals surface area contributed by atoms with Crippen molar-refractivity contribution in [2.45, 2.75) is 25.9 Å². The fourth-order valence-electron chi connectivity index (χ4n) is 1.89. The number of benzene rings is 1. The van der Waals surface area contributed by atoms with Crippen molar-refractivity contribution in [2.24, 2.45) is 0 Å². The third-order valence-corrected chi connectivity index (χ3v) is 4.38. The van der Waals surface area contributed by atoms with Crippen LogP contribution in [0.1, 0.15) is 29.8 Å². The van der Waals surface area contributed by atoms with E-state index in [4.69, 9.17) is 4.74 Å². The number of fused-ring (bicyclic) bond motifs is 1. The molecule has 1 aliphatic heterocycles. The minimum absolute atomic E-state index is 0.0889. The van der Waals surface area contributed by atoms with E-state index < -0.39 is 5.60 Å². The average molecular weight is 334 g/mol. The highest BCUT2D eigenvalue weighted by atomic mass is 127. The lowest BCUT2D eigenvalue weighted by Gasteiger charge is -2.21. The molecule has 0 bridgehead atoms. The summed E-state index contributed by atoms with van der Waals surface area (Å²) in [6.07, 6.45) is 0.526. The first-order chi connectivity index (χ1) is 7.47. The lowest BCUT2D eigenvalue weighted by atomic mass is 9.99. The summed E-state index contributed by atoms with van der Waals surface area (Å²) < 4.78 is 20.1. The summed E-state index contributed by atoms with van der Waals surface area (Å²) in [5.41, 5.74) is 0.617. The average Bonchev–Trinajstić information content (AvgIpc) is 2.58. The Bertz CT molecular complexity index is 459. The van der Waals surface area contributed by atoms with Crippen LogP contribution >= 0.6 is 22.6 Å². The molecule has 1 aromatic carbocycles. The molecule has 0 radical (unpaired) electrons. The van der Waals surface area contributed by atoms with E-state index in [0.717, 1.165) is 4.43 Å². The third-order valence-electron chi connectivity index (χ3n) is 2.76. The summed E-state index contributed by atoms with van der Waals surface area (Å²) in [5, 5.41) is 0. The van der Waals surface area contributed by atoms with E-state index in [9.17, 15) is 9.18 Å². The van der Waals surface area contributed by atoms with Crippen molar-refractivity contribution in [1.29, 1.82) is 0 Å². The molecule has 2 nitrogen and oxygen atoms in total. The molecule has 1 unspecified atom stereocenters. The zero-order valence-corrected chi connectivity index (χ0v) is 11.3. The molecule has 0 N–H and O–H groups in total. The van der Waals surface area contributed by atoms with Crippen LogP contribution in [0.2, 0.25) is 0 Å². The number of hydrogen-bond acceptors (Lipinski definition) is 2. The van der Waals surface area contributed by atoms with Crippen LogP contribution in [-0.2, 0) is 6.42 Å². The van der Waals surface area contributed by atoms with Gasteiger partial charge in [-0.3, -0.25) is 4.79 Å². The summed E-state index contributed by atoms with van der Waals surface area (Å²) in [6, 6.07) is 2.84. The van der Waals surface area contributed by atoms with Gasteiger partial charge in [-0.05, 0) is 26.0 Å². The van der Waals surface area contributed by atoms with Gasteiger partial charge in [0.1, 0.15) is 17.2 Å². The smallest absolute Gasteiger partial charge is 0.163 e. The number of ether oxygens (including phenoxy) is 1. The lowest BCUT2D eigenvalue weighted by Crippen LogP contribution is -2.32. The molecule has 2 rings (SSSR count). The molecule has 86 valence electrons. The van der Waals surface area contributed by atoms with Gasteiger partial charge in [-0.15, -0.1) is 0 Å². The number of carbonyl (C=O) groups excluding carboxylic acids is 1. The maximum Gasteiger partial charge on any atom is 0.163 e. The second kappa shape index (κ2) is 3.98. The van der Waals surface area contributed by atoms with Crippen LogP contribution in [0.3, 0.4) is 0 Å². The molecular formula is C12H12FIO2. The SMILES string of the molecule is CC(=O)c1ccc(F)c2c1OC(C)(CI)C2. The quantitative estimate of drug-likeness (QED) is 0.472. The van der Waals surface area contributed by atoms with Gasteiger partial charge in [0.2, 0.25) is 0 Å². The monoisotopic (exact) mass is 334 g/mol. The number of alkyl halides is 1. The van der Waals surface area contributed by atoms with Crippen LogP contribution in [0.5, 0.6) is 5.75 Å². The zero-order valence-electron chi connectivity index (χ0n) is 9.14. The first-order valence-corrected chi connectivity index (χ1v) is 6.57. The van der Waals surface area contributed by atoms with Crippen LogP contribution < -0.4 is 4.74 Å². The van der Waals surface area contributed by atoms with Crippen molar-refractivity contribution in [3.05, 3.63) is 29.1 Å². The Morgan fingerprint density at radius 3 is 2.88 bits per heavy atom. The Labute approximate surface area is 107 Å². The Kier molecular flexibility index (Phi) is 2.94. The van der Waals surface area contributed by atoms with E-state index in [1.54, 1.807) is 0 Å². The molecule has 0 aromatic heterocycles. The summed E-state index contributed by atoms with van der Waals surface area (Å²) >= 11 is 2.21. The van der Waals surface area contributed by atoms with E-state index in [0.29, 0.717) is 23.3 Å². The molecule has 0 fully saturated rings. The highest BCUT2D eigenvalue weighted by Gasteiger charge is 2.37. The van der Waals surface area contributed by atoms with Crippen LogP contribution in [0.25, 0.3) is 0 Å². The van der Waals surface area contributed by atoms with Crippen molar-refractivity contribution in [2.75, 3.05) is 4.43 Å². The topological polar surface area (TPSA) is 26.3 Å². The van der Waals surface area contributed by atoms with Crippen LogP contribution in [0, 0.1) is 5.82 Å². The fourth-order valence-corrected chi connectivity index (χ4v) is 2.32. The molecule has 0 saturated heterocycles. The first kappa shape index (κ1) is 11.8. The summed E-state index contributed by atoms with van der Waals surface area (Å²) in [7, 11) is 0. The zero-order chi connectivity index (χ0) is 11.9. The van der Waals surface area contributed by atoms with Gasteiger partial charge in [0.25, 0.3) is 0 Å². The highest BCUT2D eigenvalue weighted by Crippen LogP contribution is 2.40. The van der Waals surface area contributed by atoms with Crippen molar-refractivity contribution in [3.8, 4) is 5.75 Å². The van der Waals surface area contributed by atoms with E-state index in [-0.39, 0.29) is 11.6 Å². The predicted octanol–water partition coefficient (Wildman–Crippen LogP) is 3.16. The Morgan fingerprint density at radius 2 is 2.31 bits per heavy atom. The van der Waals surface area contributed by atoms with E-state index in [1.165, 1.54) is 19.1 Å². The van der Waals surface area contributed by atoms with Crippen molar-refractivity contribution >= 4 is 28.4 Å². The Morgan fingerprint density at radius 1 is 1.62 bits per heavy atom. The fraction of sp³-hybridized carbons (Fsp3) is 0.417. The molecule has 1 aromatic rings. The lowest BCUT2D eigenvalue weighted by molar-refractivity contribution is 0.100. The minimum Gasteiger partial charge on any atom is -0.485 e. The number of ketones is 1. The number of carbonyl (C=O) groups is 1. The van der Waals surface area contributed by atoms with Gasteiger partial charge in [-0.2, -0.15) is 0 Å². The van der Waals surface area contributed by atoms with E-state index in [1.807, 2.05) is 6.92 Å². The molecule has 16 heavy (non-hydrogen) atoms. The second-order valence-corrected chi connectivity index (χ2v) is 5.08. The van der Waals surface area contributed by atoms with E-state index >= 15 is 0 Å². The van der Waals surface area contributed by atoms with Crippen LogP contribution in [-0.4, -0.2) is 15.8 Å². The molecule has 0 spiro atoms. The molecule has 1 atom stereocenters. The van der Waals surface area contributed by atoms with Crippen LogP contribution in [0.4, 0.5) is 4.39 Å². The highest BCUT2D eigenvalue weighted by molar-refractivity contribution is 14.1. The number of Topliss-reactive ketones (excluding diaryl/α,β-unsaturated/α-hetero) is 1. The molecule has 1 heterocycles. The van der Waals surface area contributed by atoms with Gasteiger partial charge >= 0.3 is 0 Å². The molecule has 0 saturated carbocycles. The Hall–Kier alpha value is -0.650. The molecule has 0 amide bonds. The van der Waals surface area contributed by atoms with Gasteiger partial charge in [0.15, 0.2) is 5.78 Å². The van der Waals surface area contributed by atoms with E-state index in [2.05, 4.69) is 22.6 Å². The van der Waals surface area contributed by atoms with Gasteiger partial charge in [-0.1, -0.05) is 22.6 Å². The Balaban J connectivity index is 2.54. The summed E-state index contributed by atoms with van der Waals surface area (Å²) in [4.78, 5) is 11.4. The van der Waals surface area contributed by atoms with Crippen molar-refractivity contribution < 1.29 is 13.9 Å². The maximum atomic E-state index is 13.6. The number of halogens is 2. The maximum absolute atomic E-state index is 13.6. The molecular weight excluding hydrogens is 322 g/mol. The normalized spacial score (nSPS) is 22.8. The van der Waals surface area contributed by atoms with Gasteiger partial charge in [0.05, 0.1) is 5.56 Å². The van der Waals surface area contributed by atoms with Crippen molar-refractivity contribution in [3.63, 3.8) is 0 Å². The van der Waals surface area contributed by atoms with Gasteiger partial charge < -0.3 is 4.74 Å². The van der Waals surface area contributed by atoms with Crippen LogP contribution in [0.15, 0.2) is 12.1 Å². The predicted molar refractivity (Wildman–Crippen MR) is 68.0 cm³/mol. The van der Waals surface area contributed by atoms with Gasteiger partial charge in [0, 0.05) is 16.4 Å². The summed E-state index contributed by atoms with van der Waals surface area (Å²) in [5.74, 6) is 0.0641. The van der Waals surface area contributed by atoms with Crippen molar-refractivity contribution in [1.82, 2.24) is 0 Å². The minimum atomic E-state index is -0.394. The number of hydrogen-bond donors (Lipinski definition) is 0. The molecule has 4 heteroatoms. The molecule has 1 aliphatic rings. The largest absolute Gasteiger partial charge is 0.485 e. The number of rotatable bonds is 2. The second-order valence-electron chi connectivity index (χ2n) is 4.32. The third kappa shape index (κ3) is 1.83. The standard InChI is InChI=1S/C12H12FIO2/c1-7(15)8-3-4-10(13)9-5-12(2,6-14)16-11(8)9/h3-4H,5-6H2,1-2H3.